The van der Waals surface area contributed by atoms with Gasteiger partial charge in [0, 0.05) is 28.9 Å². The zero-order valence-corrected chi connectivity index (χ0v) is 21.4. The average molecular weight is 547 g/mol. The second-order valence-electron chi connectivity index (χ2n) is 9.55. The number of fused-ring (bicyclic) bond motifs is 1. The smallest absolute Gasteiger partial charge is 0.339 e. The first-order valence-corrected chi connectivity index (χ1v) is 12.7. The summed E-state index contributed by atoms with van der Waals surface area (Å²) < 4.78 is 1.78. The van der Waals surface area contributed by atoms with Gasteiger partial charge in [-0.3, -0.25) is 24.5 Å². The fourth-order valence-corrected chi connectivity index (χ4v) is 5.23. The van der Waals surface area contributed by atoms with Crippen LogP contribution >= 0.6 is 0 Å². The number of hydrogen-bond acceptors (Lipinski definition) is 6. The fourth-order valence-electron chi connectivity index (χ4n) is 5.23. The molecule has 6 rings (SSSR count). The topological polar surface area (TPSA) is 139 Å². The van der Waals surface area contributed by atoms with Crippen LogP contribution in [0.15, 0.2) is 103 Å². The molecule has 1 aliphatic rings. The first kappa shape index (κ1) is 25.5. The minimum Gasteiger partial charge on any atom is -0.507 e. The van der Waals surface area contributed by atoms with Gasteiger partial charge in [0.25, 0.3) is 11.6 Å². The molecule has 202 valence electrons. The van der Waals surface area contributed by atoms with E-state index >= 15 is 0 Å². The Morgan fingerprint density at radius 1 is 0.927 bits per heavy atom. The van der Waals surface area contributed by atoms with E-state index in [2.05, 4.69) is 0 Å². The van der Waals surface area contributed by atoms with Gasteiger partial charge >= 0.3 is 5.97 Å². The third-order valence-electron chi connectivity index (χ3n) is 7.07. The summed E-state index contributed by atoms with van der Waals surface area (Å²) in [6.45, 7) is 0.390. The van der Waals surface area contributed by atoms with Gasteiger partial charge in [-0.1, -0.05) is 60.7 Å². The number of amides is 1. The largest absolute Gasteiger partial charge is 0.507 e. The van der Waals surface area contributed by atoms with Crippen LogP contribution in [-0.2, 0) is 6.54 Å². The van der Waals surface area contributed by atoms with Crippen LogP contribution in [0.25, 0.3) is 11.3 Å². The molecule has 2 N–H and O–H groups in total. The molecule has 4 aromatic carbocycles. The number of carbonyl (C=O) groups excluding carboxylic acids is 1. The number of phenols is 1. The number of non-ortho nitro benzene ring substituents is 1. The Hall–Kier alpha value is -5.77. The predicted octanol–water partition coefficient (Wildman–Crippen LogP) is 5.66. The summed E-state index contributed by atoms with van der Waals surface area (Å²) in [5.41, 5.74) is 3.61. The monoisotopic (exact) mass is 546 g/mol. The van der Waals surface area contributed by atoms with E-state index in [1.165, 1.54) is 35.2 Å². The maximum absolute atomic E-state index is 14.1. The van der Waals surface area contributed by atoms with Crippen molar-refractivity contribution in [3.05, 3.63) is 141 Å². The molecule has 0 bridgehead atoms. The quantitative estimate of drug-likeness (QED) is 0.198. The van der Waals surface area contributed by atoms with Crippen molar-refractivity contribution in [2.75, 3.05) is 4.90 Å². The lowest BCUT2D eigenvalue weighted by atomic mass is 9.95. The Kier molecular flexibility index (Phi) is 6.27. The molecule has 0 aliphatic carbocycles. The standard InChI is InChI=1S/C31H22N4O6/c36-25-16-15-23(17-24(25)31(38)39)34-29(21-11-13-22(14-12-21)35(40)41)26-27(30(34)37)32-33(18-19-7-3-1-4-8-19)28(26)20-9-5-2-6-10-20/h1-17,29,36H,18H2,(H,38,39). The van der Waals surface area contributed by atoms with Crippen LogP contribution in [-0.4, -0.2) is 36.8 Å². The molecule has 10 heteroatoms. The number of benzene rings is 4. The molecule has 1 aromatic heterocycles. The van der Waals surface area contributed by atoms with Gasteiger partial charge < -0.3 is 10.2 Å². The average Bonchev–Trinajstić information content (AvgIpc) is 3.48. The van der Waals surface area contributed by atoms with Gasteiger partial charge in [0.1, 0.15) is 11.3 Å². The van der Waals surface area contributed by atoms with E-state index in [4.69, 9.17) is 5.10 Å². The van der Waals surface area contributed by atoms with E-state index in [0.717, 1.165) is 11.1 Å². The Morgan fingerprint density at radius 3 is 2.22 bits per heavy atom. The lowest BCUT2D eigenvalue weighted by Gasteiger charge is -2.27. The maximum Gasteiger partial charge on any atom is 0.339 e. The molecule has 10 nitrogen and oxygen atoms in total. The molecule has 1 atom stereocenters. The van der Waals surface area contributed by atoms with Crippen molar-refractivity contribution < 1.29 is 24.7 Å². The lowest BCUT2D eigenvalue weighted by Crippen LogP contribution is -2.30. The Bertz CT molecular complexity index is 1800. The second-order valence-corrected chi connectivity index (χ2v) is 9.55. The second kappa shape index (κ2) is 10.1. The van der Waals surface area contributed by atoms with Crippen LogP contribution in [0, 0.1) is 10.1 Å². The molecule has 1 amide bonds. The summed E-state index contributed by atoms with van der Waals surface area (Å²) in [6, 6.07) is 28.2. The number of carboxylic acids is 1. The molecule has 0 saturated heterocycles. The van der Waals surface area contributed by atoms with Gasteiger partial charge in [-0.2, -0.15) is 5.10 Å². The van der Waals surface area contributed by atoms with Crippen LogP contribution in [0.1, 0.15) is 43.6 Å². The van der Waals surface area contributed by atoms with Crippen LogP contribution in [0.5, 0.6) is 5.75 Å². The summed E-state index contributed by atoms with van der Waals surface area (Å²) >= 11 is 0. The van der Waals surface area contributed by atoms with Crippen molar-refractivity contribution >= 4 is 23.3 Å². The van der Waals surface area contributed by atoms with Crippen LogP contribution in [0.4, 0.5) is 11.4 Å². The summed E-state index contributed by atoms with van der Waals surface area (Å²) in [5.74, 6) is -2.25. The molecular formula is C31H22N4O6. The van der Waals surface area contributed by atoms with Gasteiger partial charge in [-0.25, -0.2) is 4.79 Å². The van der Waals surface area contributed by atoms with Gasteiger partial charge in [0.15, 0.2) is 5.69 Å². The highest BCUT2D eigenvalue weighted by molar-refractivity contribution is 6.12. The number of anilines is 1. The first-order chi connectivity index (χ1) is 19.8. The molecular weight excluding hydrogens is 524 g/mol. The third-order valence-corrected chi connectivity index (χ3v) is 7.07. The van der Waals surface area contributed by atoms with Gasteiger partial charge in [0.05, 0.1) is 23.2 Å². The minimum atomic E-state index is -1.35. The highest BCUT2D eigenvalue weighted by Gasteiger charge is 2.45. The molecule has 0 radical (unpaired) electrons. The van der Waals surface area contributed by atoms with Crippen molar-refractivity contribution in [3.63, 3.8) is 0 Å². The van der Waals surface area contributed by atoms with Gasteiger partial charge in [-0.05, 0) is 41.5 Å². The molecule has 41 heavy (non-hydrogen) atoms. The third kappa shape index (κ3) is 4.47. The molecule has 0 fully saturated rings. The molecule has 1 aliphatic heterocycles. The van der Waals surface area contributed by atoms with E-state index in [-0.39, 0.29) is 22.6 Å². The zero-order valence-electron chi connectivity index (χ0n) is 21.4. The number of nitro groups is 1. The number of aromatic hydroxyl groups is 1. The number of carboxylic acid groups (broad SMARTS) is 1. The van der Waals surface area contributed by atoms with Gasteiger partial charge in [0.2, 0.25) is 0 Å². The van der Waals surface area contributed by atoms with Gasteiger partial charge in [-0.15, -0.1) is 0 Å². The predicted molar refractivity (Wildman–Crippen MR) is 150 cm³/mol. The van der Waals surface area contributed by atoms with Crippen LogP contribution in [0.3, 0.4) is 0 Å². The summed E-state index contributed by atoms with van der Waals surface area (Å²) in [5, 5.41) is 35.9. The van der Waals surface area contributed by atoms with Crippen molar-refractivity contribution in [2.24, 2.45) is 0 Å². The van der Waals surface area contributed by atoms with Crippen LogP contribution < -0.4 is 4.90 Å². The van der Waals surface area contributed by atoms with E-state index < -0.39 is 28.6 Å². The Labute approximate surface area is 233 Å². The first-order valence-electron chi connectivity index (χ1n) is 12.7. The molecule has 2 heterocycles. The van der Waals surface area contributed by atoms with E-state index in [0.29, 0.717) is 23.4 Å². The number of aromatic nitrogens is 2. The Morgan fingerprint density at radius 2 is 1.59 bits per heavy atom. The lowest BCUT2D eigenvalue weighted by molar-refractivity contribution is -0.384. The highest BCUT2D eigenvalue weighted by Crippen LogP contribution is 2.46. The number of rotatable bonds is 7. The van der Waals surface area contributed by atoms with Crippen molar-refractivity contribution in [2.45, 2.75) is 12.6 Å². The molecule has 5 aromatic rings. The number of hydrogen-bond donors (Lipinski definition) is 2. The number of nitro benzene ring substituents is 1. The molecule has 0 saturated carbocycles. The molecule has 0 spiro atoms. The minimum absolute atomic E-state index is 0.106. The fraction of sp³-hybridized carbons (Fsp3) is 0.0645. The highest BCUT2D eigenvalue weighted by atomic mass is 16.6. The summed E-state index contributed by atoms with van der Waals surface area (Å²) in [6.07, 6.45) is 0. The number of nitrogens with zero attached hydrogens (tertiary/aromatic N) is 4. The summed E-state index contributed by atoms with van der Waals surface area (Å²) in [4.78, 5) is 38.2. The van der Waals surface area contributed by atoms with Crippen molar-refractivity contribution in [3.8, 4) is 17.0 Å². The number of carbonyl (C=O) groups is 2. The maximum atomic E-state index is 14.1. The van der Waals surface area contributed by atoms with Crippen molar-refractivity contribution in [1.82, 2.24) is 9.78 Å². The SMILES string of the molecule is O=C(O)c1cc(N2C(=O)c3nn(Cc4ccccc4)c(-c4ccccc4)c3C2c2ccc([N+](=O)[O-])cc2)ccc1O. The normalized spacial score (nSPS) is 14.2. The number of aromatic carboxylic acids is 1. The van der Waals surface area contributed by atoms with Crippen molar-refractivity contribution in [1.29, 1.82) is 0 Å². The zero-order chi connectivity index (χ0) is 28.7. The Balaban J connectivity index is 1.59. The summed E-state index contributed by atoms with van der Waals surface area (Å²) in [7, 11) is 0. The van der Waals surface area contributed by atoms with Crippen LogP contribution in [0.2, 0.25) is 0 Å². The van der Waals surface area contributed by atoms with E-state index in [1.807, 2.05) is 60.7 Å². The molecule has 1 unspecified atom stereocenters. The van der Waals surface area contributed by atoms with E-state index in [9.17, 15) is 29.9 Å². The van der Waals surface area contributed by atoms with E-state index in [1.54, 1.807) is 16.8 Å².